The van der Waals surface area contributed by atoms with E-state index < -0.39 is 6.61 Å². The van der Waals surface area contributed by atoms with Gasteiger partial charge in [0, 0.05) is 31.3 Å². The number of hydrogen-bond donors (Lipinski definition) is 1. The zero-order valence-electron chi connectivity index (χ0n) is 16.4. The Morgan fingerprint density at radius 1 is 1.20 bits per heavy atom. The zero-order chi connectivity index (χ0) is 21.5. The normalized spacial score (nSPS) is 13.9. The van der Waals surface area contributed by atoms with Crippen molar-refractivity contribution in [3.05, 3.63) is 59.7 Å². The SMILES string of the molecule is COc1cc(/C=C/C(=O)NCc2ccc(N3CCCC3=O)cc2)ccc1OC(F)F. The average molecular weight is 416 g/mol. The minimum Gasteiger partial charge on any atom is -0.493 e. The van der Waals surface area contributed by atoms with Crippen LogP contribution in [0.25, 0.3) is 6.08 Å². The first-order chi connectivity index (χ1) is 14.5. The second-order valence-electron chi connectivity index (χ2n) is 6.66. The maximum absolute atomic E-state index is 12.4. The second-order valence-corrected chi connectivity index (χ2v) is 6.66. The zero-order valence-corrected chi connectivity index (χ0v) is 16.4. The van der Waals surface area contributed by atoms with Crippen LogP contribution in [-0.4, -0.2) is 32.1 Å². The minimum atomic E-state index is -2.95. The predicted molar refractivity (Wildman–Crippen MR) is 109 cm³/mol. The Morgan fingerprint density at radius 3 is 2.60 bits per heavy atom. The van der Waals surface area contributed by atoms with Gasteiger partial charge in [0.15, 0.2) is 11.5 Å². The van der Waals surface area contributed by atoms with Gasteiger partial charge in [0.1, 0.15) is 0 Å². The molecule has 0 unspecified atom stereocenters. The Hall–Kier alpha value is -3.42. The number of anilines is 1. The molecule has 158 valence electrons. The summed E-state index contributed by atoms with van der Waals surface area (Å²) >= 11 is 0. The Labute approximate surface area is 173 Å². The van der Waals surface area contributed by atoms with Gasteiger partial charge in [0.2, 0.25) is 11.8 Å². The maximum Gasteiger partial charge on any atom is 0.387 e. The van der Waals surface area contributed by atoms with Crippen molar-refractivity contribution in [2.45, 2.75) is 26.0 Å². The number of amides is 2. The highest BCUT2D eigenvalue weighted by Crippen LogP contribution is 2.29. The number of carbonyl (C=O) groups excluding carboxylic acids is 2. The Kier molecular flexibility index (Phi) is 7.00. The molecule has 1 saturated heterocycles. The fourth-order valence-corrected chi connectivity index (χ4v) is 3.12. The number of nitrogens with zero attached hydrogens (tertiary/aromatic N) is 1. The Balaban J connectivity index is 1.54. The summed E-state index contributed by atoms with van der Waals surface area (Å²) in [4.78, 5) is 25.6. The van der Waals surface area contributed by atoms with Crippen LogP contribution in [0.2, 0.25) is 0 Å². The number of nitrogens with one attached hydrogen (secondary N) is 1. The summed E-state index contributed by atoms with van der Waals surface area (Å²) in [5.74, 6) is -0.102. The van der Waals surface area contributed by atoms with Crippen LogP contribution in [0.1, 0.15) is 24.0 Å². The van der Waals surface area contributed by atoms with E-state index in [1.807, 2.05) is 24.3 Å². The number of alkyl halides is 2. The van der Waals surface area contributed by atoms with Crippen LogP contribution in [-0.2, 0) is 16.1 Å². The van der Waals surface area contributed by atoms with E-state index in [-0.39, 0.29) is 23.3 Å². The molecule has 0 radical (unpaired) electrons. The third-order valence-corrected chi connectivity index (χ3v) is 4.62. The molecule has 1 aliphatic rings. The van der Waals surface area contributed by atoms with Gasteiger partial charge in [-0.3, -0.25) is 9.59 Å². The van der Waals surface area contributed by atoms with Gasteiger partial charge in [-0.2, -0.15) is 8.78 Å². The minimum absolute atomic E-state index is 0.0758. The molecule has 1 heterocycles. The van der Waals surface area contributed by atoms with E-state index in [9.17, 15) is 18.4 Å². The molecular weight excluding hydrogens is 394 g/mol. The van der Waals surface area contributed by atoms with Crippen LogP contribution in [0.15, 0.2) is 48.5 Å². The number of rotatable bonds is 8. The van der Waals surface area contributed by atoms with E-state index in [0.29, 0.717) is 18.5 Å². The lowest BCUT2D eigenvalue weighted by molar-refractivity contribution is -0.117. The molecule has 30 heavy (non-hydrogen) atoms. The van der Waals surface area contributed by atoms with E-state index in [1.165, 1.54) is 25.3 Å². The predicted octanol–water partition coefficient (Wildman–Crippen LogP) is 3.75. The van der Waals surface area contributed by atoms with Crippen molar-refractivity contribution >= 4 is 23.6 Å². The summed E-state index contributed by atoms with van der Waals surface area (Å²) in [5, 5.41) is 2.77. The Bertz CT molecular complexity index is 929. The summed E-state index contributed by atoms with van der Waals surface area (Å²) in [5.41, 5.74) is 2.37. The molecule has 0 aromatic heterocycles. The molecule has 0 aliphatic carbocycles. The van der Waals surface area contributed by atoms with Gasteiger partial charge < -0.3 is 19.7 Å². The van der Waals surface area contributed by atoms with Gasteiger partial charge in [0.05, 0.1) is 7.11 Å². The van der Waals surface area contributed by atoms with E-state index in [4.69, 9.17) is 4.74 Å². The number of halogens is 2. The van der Waals surface area contributed by atoms with E-state index in [1.54, 1.807) is 17.0 Å². The number of benzene rings is 2. The topological polar surface area (TPSA) is 67.9 Å². The van der Waals surface area contributed by atoms with Crippen LogP contribution in [0.4, 0.5) is 14.5 Å². The summed E-state index contributed by atoms with van der Waals surface area (Å²) in [6.45, 7) is -1.88. The van der Waals surface area contributed by atoms with E-state index >= 15 is 0 Å². The highest BCUT2D eigenvalue weighted by molar-refractivity contribution is 5.95. The molecule has 0 saturated carbocycles. The lowest BCUT2D eigenvalue weighted by atomic mass is 10.1. The van der Waals surface area contributed by atoms with E-state index in [2.05, 4.69) is 10.1 Å². The molecule has 1 aliphatic heterocycles. The lowest BCUT2D eigenvalue weighted by Gasteiger charge is -2.15. The molecule has 2 aromatic rings. The van der Waals surface area contributed by atoms with Gasteiger partial charge in [-0.1, -0.05) is 18.2 Å². The van der Waals surface area contributed by atoms with Crippen LogP contribution in [0, 0.1) is 0 Å². The van der Waals surface area contributed by atoms with Gasteiger partial charge in [-0.15, -0.1) is 0 Å². The third kappa shape index (κ3) is 5.56. The van der Waals surface area contributed by atoms with Crippen LogP contribution < -0.4 is 19.7 Å². The van der Waals surface area contributed by atoms with Gasteiger partial charge in [-0.05, 0) is 47.9 Å². The van der Waals surface area contributed by atoms with Crippen molar-refractivity contribution in [2.75, 3.05) is 18.6 Å². The molecule has 3 rings (SSSR count). The van der Waals surface area contributed by atoms with Gasteiger partial charge in [0.25, 0.3) is 0 Å². The molecule has 2 amide bonds. The van der Waals surface area contributed by atoms with Crippen molar-refractivity contribution in [1.29, 1.82) is 0 Å². The average Bonchev–Trinajstić information content (AvgIpc) is 3.17. The number of ether oxygens (including phenoxy) is 2. The van der Waals surface area contributed by atoms with Crippen molar-refractivity contribution in [3.63, 3.8) is 0 Å². The van der Waals surface area contributed by atoms with Crippen molar-refractivity contribution in [3.8, 4) is 11.5 Å². The molecule has 0 bridgehead atoms. The quantitative estimate of drug-likeness (QED) is 0.666. The number of hydrogen-bond acceptors (Lipinski definition) is 4. The molecule has 6 nitrogen and oxygen atoms in total. The van der Waals surface area contributed by atoms with Crippen molar-refractivity contribution in [1.82, 2.24) is 5.32 Å². The molecule has 1 fully saturated rings. The maximum atomic E-state index is 12.4. The van der Waals surface area contributed by atoms with Crippen molar-refractivity contribution in [2.24, 2.45) is 0 Å². The monoisotopic (exact) mass is 416 g/mol. The summed E-state index contributed by atoms with van der Waals surface area (Å²) in [7, 11) is 1.35. The molecular formula is C22H22F2N2O4. The lowest BCUT2D eigenvalue weighted by Crippen LogP contribution is -2.23. The van der Waals surface area contributed by atoms with Crippen LogP contribution in [0.5, 0.6) is 11.5 Å². The highest BCUT2D eigenvalue weighted by atomic mass is 19.3. The van der Waals surface area contributed by atoms with E-state index in [0.717, 1.165) is 24.2 Å². The number of carbonyl (C=O) groups is 2. The second kappa shape index (κ2) is 9.87. The first kappa shape index (κ1) is 21.3. The molecule has 8 heteroatoms. The molecule has 0 atom stereocenters. The number of methoxy groups -OCH3 is 1. The standard InChI is InChI=1S/C22H22F2N2O4/c1-29-19-13-15(6-10-18(19)30-22(23)24)7-11-20(27)25-14-16-4-8-17(9-5-16)26-12-2-3-21(26)28/h4-11,13,22H,2-3,12,14H2,1H3,(H,25,27)/b11-7+. The first-order valence-electron chi connectivity index (χ1n) is 9.44. The molecule has 0 spiro atoms. The van der Waals surface area contributed by atoms with Crippen LogP contribution >= 0.6 is 0 Å². The van der Waals surface area contributed by atoms with Gasteiger partial charge >= 0.3 is 6.61 Å². The summed E-state index contributed by atoms with van der Waals surface area (Å²) in [6, 6.07) is 11.9. The Morgan fingerprint density at radius 2 is 1.97 bits per heavy atom. The van der Waals surface area contributed by atoms with Crippen molar-refractivity contribution < 1.29 is 27.8 Å². The van der Waals surface area contributed by atoms with Crippen LogP contribution in [0.3, 0.4) is 0 Å². The fraction of sp³-hybridized carbons (Fsp3) is 0.273. The van der Waals surface area contributed by atoms with Gasteiger partial charge in [-0.25, -0.2) is 0 Å². The molecule has 1 N–H and O–H groups in total. The summed E-state index contributed by atoms with van der Waals surface area (Å²) in [6.07, 6.45) is 4.35. The fourth-order valence-electron chi connectivity index (χ4n) is 3.12. The first-order valence-corrected chi connectivity index (χ1v) is 9.44. The summed E-state index contributed by atoms with van der Waals surface area (Å²) < 4.78 is 34.1. The largest absolute Gasteiger partial charge is 0.493 e. The third-order valence-electron chi connectivity index (χ3n) is 4.62. The molecule has 2 aromatic carbocycles. The highest BCUT2D eigenvalue weighted by Gasteiger charge is 2.21. The smallest absolute Gasteiger partial charge is 0.387 e.